The molecule has 1 aliphatic heterocycles. The smallest absolute Gasteiger partial charge is 0.131 e. The van der Waals surface area contributed by atoms with Crippen molar-refractivity contribution in [3.05, 3.63) is 11.8 Å². The first-order valence-corrected chi connectivity index (χ1v) is 1.78. The lowest BCUT2D eigenvalue weighted by Crippen LogP contribution is -1.70. The zero-order chi connectivity index (χ0) is 4.41. The molecule has 1 rings (SSSR count). The maximum absolute atomic E-state index is 8.44. The second kappa shape index (κ2) is 1.12. The highest BCUT2D eigenvalue weighted by Crippen LogP contribution is 1.90. The molecular formula is C4H5NO. The van der Waals surface area contributed by atoms with Gasteiger partial charge in [-0.3, -0.25) is 4.99 Å². The predicted octanol–water partition coefficient (Wildman–Crippen LogP) is 0.513. The van der Waals surface area contributed by atoms with Gasteiger partial charge in [0.2, 0.25) is 0 Å². The minimum atomic E-state index is 0.287. The van der Waals surface area contributed by atoms with Gasteiger partial charge >= 0.3 is 0 Å². The Morgan fingerprint density at radius 3 is 2.83 bits per heavy atom. The van der Waals surface area contributed by atoms with Crippen molar-refractivity contribution < 1.29 is 5.11 Å². The maximum atomic E-state index is 8.44. The summed E-state index contributed by atoms with van der Waals surface area (Å²) in [6.45, 7) is 0.645. The standard InChI is InChI=1S/C4H5NO/c6-4-1-2-5-3-4/h1,3,6H,2H2. The van der Waals surface area contributed by atoms with Crippen LogP contribution in [0.5, 0.6) is 0 Å². The molecule has 2 heteroatoms. The van der Waals surface area contributed by atoms with Crippen molar-refractivity contribution in [2.75, 3.05) is 6.54 Å². The lowest BCUT2D eigenvalue weighted by molar-refractivity contribution is 0.447. The Labute approximate surface area is 35.8 Å². The molecule has 32 valence electrons. The van der Waals surface area contributed by atoms with Crippen molar-refractivity contribution in [3.63, 3.8) is 0 Å². The number of hydrogen-bond acceptors (Lipinski definition) is 2. The molecule has 0 fully saturated rings. The van der Waals surface area contributed by atoms with Gasteiger partial charge in [-0.2, -0.15) is 0 Å². The molecule has 0 aromatic heterocycles. The highest BCUT2D eigenvalue weighted by molar-refractivity contribution is 5.77. The second-order valence-electron chi connectivity index (χ2n) is 1.12. The summed E-state index contributed by atoms with van der Waals surface area (Å²) in [5, 5.41) is 8.44. The zero-order valence-electron chi connectivity index (χ0n) is 3.26. The molecule has 0 aliphatic carbocycles. The van der Waals surface area contributed by atoms with Gasteiger partial charge in [0.25, 0.3) is 0 Å². The number of allylic oxidation sites excluding steroid dienone is 1. The molecule has 0 bridgehead atoms. The largest absolute Gasteiger partial charge is 0.507 e. The summed E-state index contributed by atoms with van der Waals surface area (Å²) in [6, 6.07) is 0. The summed E-state index contributed by atoms with van der Waals surface area (Å²) in [6.07, 6.45) is 3.10. The van der Waals surface area contributed by atoms with Crippen molar-refractivity contribution >= 4 is 6.21 Å². The van der Waals surface area contributed by atoms with E-state index in [0.717, 1.165) is 0 Å². The van der Waals surface area contributed by atoms with Gasteiger partial charge in [0.05, 0.1) is 12.8 Å². The normalized spacial score (nSPS) is 18.3. The van der Waals surface area contributed by atoms with Crippen LogP contribution < -0.4 is 0 Å². The van der Waals surface area contributed by atoms with E-state index >= 15 is 0 Å². The molecule has 0 atom stereocenters. The van der Waals surface area contributed by atoms with E-state index in [9.17, 15) is 0 Å². The average molecular weight is 83.1 g/mol. The Hall–Kier alpha value is -0.790. The van der Waals surface area contributed by atoms with Gasteiger partial charge in [-0.25, -0.2) is 0 Å². The van der Waals surface area contributed by atoms with E-state index in [4.69, 9.17) is 5.11 Å². The Balaban J connectivity index is 2.68. The number of rotatable bonds is 0. The number of aliphatic imine (C=N–C) groups is 1. The molecule has 0 saturated carbocycles. The van der Waals surface area contributed by atoms with Crippen molar-refractivity contribution in [2.45, 2.75) is 0 Å². The number of nitrogens with zero attached hydrogens (tertiary/aromatic N) is 1. The monoisotopic (exact) mass is 83.0 g/mol. The van der Waals surface area contributed by atoms with Gasteiger partial charge in [-0.15, -0.1) is 0 Å². The van der Waals surface area contributed by atoms with Gasteiger partial charge < -0.3 is 5.11 Å². The molecular weight excluding hydrogens is 78.0 g/mol. The minimum absolute atomic E-state index is 0.287. The number of aliphatic hydroxyl groups excluding tert-OH is 1. The Kier molecular flexibility index (Phi) is 0.638. The molecule has 1 N–H and O–H groups in total. The van der Waals surface area contributed by atoms with Crippen LogP contribution in [0.4, 0.5) is 0 Å². The van der Waals surface area contributed by atoms with Gasteiger partial charge in [-0.1, -0.05) is 0 Å². The van der Waals surface area contributed by atoms with Crippen LogP contribution in [-0.2, 0) is 0 Å². The van der Waals surface area contributed by atoms with Crippen LogP contribution in [0, 0.1) is 0 Å². The van der Waals surface area contributed by atoms with Crippen molar-refractivity contribution in [1.82, 2.24) is 0 Å². The highest BCUT2D eigenvalue weighted by atomic mass is 16.3. The highest BCUT2D eigenvalue weighted by Gasteiger charge is 1.88. The van der Waals surface area contributed by atoms with Crippen LogP contribution in [0.2, 0.25) is 0 Å². The van der Waals surface area contributed by atoms with Crippen molar-refractivity contribution in [1.29, 1.82) is 0 Å². The van der Waals surface area contributed by atoms with Crippen LogP contribution in [0.3, 0.4) is 0 Å². The number of hydrogen-bond donors (Lipinski definition) is 1. The summed E-state index contributed by atoms with van der Waals surface area (Å²) >= 11 is 0. The molecule has 0 aromatic rings. The van der Waals surface area contributed by atoms with Gasteiger partial charge in [0, 0.05) is 0 Å². The molecule has 0 saturated heterocycles. The van der Waals surface area contributed by atoms with Gasteiger partial charge in [-0.05, 0) is 6.08 Å². The fourth-order valence-electron chi connectivity index (χ4n) is 0.345. The first kappa shape index (κ1) is 3.40. The van der Waals surface area contributed by atoms with Crippen LogP contribution >= 0.6 is 0 Å². The van der Waals surface area contributed by atoms with E-state index in [1.807, 2.05) is 0 Å². The summed E-state index contributed by atoms with van der Waals surface area (Å²) < 4.78 is 0. The summed E-state index contributed by atoms with van der Waals surface area (Å²) in [5.41, 5.74) is 0. The molecule has 0 amide bonds. The van der Waals surface area contributed by atoms with E-state index in [1.165, 1.54) is 6.21 Å². The molecule has 0 aromatic carbocycles. The van der Waals surface area contributed by atoms with Crippen LogP contribution in [0.25, 0.3) is 0 Å². The topological polar surface area (TPSA) is 32.6 Å². The van der Waals surface area contributed by atoms with Crippen LogP contribution in [-0.4, -0.2) is 17.9 Å². The van der Waals surface area contributed by atoms with E-state index in [1.54, 1.807) is 6.08 Å². The third kappa shape index (κ3) is 0.407. The van der Waals surface area contributed by atoms with E-state index in [0.29, 0.717) is 6.54 Å². The number of aliphatic hydroxyl groups is 1. The predicted molar refractivity (Wildman–Crippen MR) is 24.1 cm³/mol. The van der Waals surface area contributed by atoms with Crippen molar-refractivity contribution in [2.24, 2.45) is 4.99 Å². The average Bonchev–Trinajstić information content (AvgIpc) is 1.86. The van der Waals surface area contributed by atoms with Gasteiger partial charge in [0.15, 0.2) is 0 Å². The van der Waals surface area contributed by atoms with E-state index in [2.05, 4.69) is 4.99 Å². The van der Waals surface area contributed by atoms with Crippen LogP contribution in [0.1, 0.15) is 0 Å². The second-order valence-corrected chi connectivity index (χ2v) is 1.12. The van der Waals surface area contributed by atoms with E-state index in [-0.39, 0.29) is 5.76 Å². The Bertz CT molecular complexity index is 101. The molecule has 0 radical (unpaired) electrons. The Morgan fingerprint density at radius 1 is 1.83 bits per heavy atom. The summed E-state index contributed by atoms with van der Waals surface area (Å²) in [7, 11) is 0. The van der Waals surface area contributed by atoms with Crippen molar-refractivity contribution in [3.8, 4) is 0 Å². The van der Waals surface area contributed by atoms with Gasteiger partial charge in [0.1, 0.15) is 5.76 Å². The minimum Gasteiger partial charge on any atom is -0.507 e. The fraction of sp³-hybridized carbons (Fsp3) is 0.250. The molecule has 6 heavy (non-hydrogen) atoms. The van der Waals surface area contributed by atoms with Crippen LogP contribution in [0.15, 0.2) is 16.8 Å². The third-order valence-electron chi connectivity index (χ3n) is 0.629. The molecule has 1 heterocycles. The lowest BCUT2D eigenvalue weighted by atomic mass is 10.5. The lowest BCUT2D eigenvalue weighted by Gasteiger charge is -1.71. The maximum Gasteiger partial charge on any atom is 0.131 e. The molecule has 1 aliphatic rings. The first-order valence-electron chi connectivity index (χ1n) is 1.78. The molecule has 0 unspecified atom stereocenters. The fourth-order valence-corrected chi connectivity index (χ4v) is 0.345. The Morgan fingerprint density at radius 2 is 2.67 bits per heavy atom. The third-order valence-corrected chi connectivity index (χ3v) is 0.629. The zero-order valence-corrected chi connectivity index (χ0v) is 3.26. The summed E-state index contributed by atoms with van der Waals surface area (Å²) in [5.74, 6) is 0.287. The first-order chi connectivity index (χ1) is 2.89. The quantitative estimate of drug-likeness (QED) is 0.454. The molecule has 0 spiro atoms. The van der Waals surface area contributed by atoms with E-state index < -0.39 is 0 Å². The summed E-state index contributed by atoms with van der Waals surface area (Å²) in [4.78, 5) is 3.70. The molecule has 2 nitrogen and oxygen atoms in total. The SMILES string of the molecule is OC1=CCN=C1.